The van der Waals surface area contributed by atoms with Crippen LogP contribution in [0.3, 0.4) is 0 Å². The Balaban J connectivity index is 0.656. The van der Waals surface area contributed by atoms with Crippen LogP contribution in [0.15, 0.2) is 104 Å². The van der Waals surface area contributed by atoms with Crippen LogP contribution in [0.2, 0.25) is 0 Å². The fourth-order valence-electron chi connectivity index (χ4n) is 10.5. The molecule has 31 heteroatoms. The van der Waals surface area contributed by atoms with Crippen molar-refractivity contribution < 1.29 is 64.5 Å². The summed E-state index contributed by atoms with van der Waals surface area (Å²) in [7, 11) is -3.05. The lowest BCUT2D eigenvalue weighted by atomic mass is 9.95. The Morgan fingerprint density at radius 2 is 1.39 bits per heavy atom. The van der Waals surface area contributed by atoms with E-state index in [0.29, 0.717) is 75.0 Å². The largest absolute Gasteiger partial charge is 0.397 e. The molecule has 84 heavy (non-hydrogen) atoms. The quantitative estimate of drug-likeness (QED) is 0.0530. The zero-order chi connectivity index (χ0) is 58.1. The van der Waals surface area contributed by atoms with Crippen LogP contribution in [-0.4, -0.2) is 146 Å². The molecule has 4 N–H and O–H groups in total. The highest BCUT2D eigenvalue weighted by atomic mass is 32.7. The third-order valence-corrected chi connectivity index (χ3v) is 19.6. The second-order valence-corrected chi connectivity index (χ2v) is 26.2. The molecule has 3 fully saturated rings. The summed E-state index contributed by atoms with van der Waals surface area (Å²) in [6.07, 6.45) is -7.36. The molecule has 5 aromatic heterocycles. The number of imidazole rings is 2. The van der Waals surface area contributed by atoms with E-state index in [2.05, 4.69) is 35.2 Å². The van der Waals surface area contributed by atoms with Gasteiger partial charge in [-0.25, -0.2) is 42.9 Å². The van der Waals surface area contributed by atoms with Gasteiger partial charge in [-0.3, -0.25) is 27.5 Å². The molecule has 0 aliphatic carbocycles. The number of alkyl halides is 2. The molecule has 3 aromatic carbocycles. The van der Waals surface area contributed by atoms with E-state index in [1.54, 1.807) is 6.07 Å². The van der Waals surface area contributed by atoms with Crippen molar-refractivity contribution in [2.75, 3.05) is 62.6 Å². The molecule has 4 aliphatic rings. The zero-order valence-electron chi connectivity index (χ0n) is 45.5. The molecule has 12 rings (SSSR count). The lowest BCUT2D eigenvalue weighted by molar-refractivity contribution is -0.118. The number of aromatic nitrogens is 10. The normalized spacial score (nSPS) is 26.1. The number of amides is 1. The molecule has 440 valence electrons. The molecule has 0 bridgehead atoms. The molecular weight excluding hydrogens is 1150 g/mol. The first-order valence-corrected chi connectivity index (χ1v) is 32.2. The van der Waals surface area contributed by atoms with E-state index in [1.807, 2.05) is 89.3 Å². The fourth-order valence-corrected chi connectivity index (χ4v) is 15.0. The van der Waals surface area contributed by atoms with Gasteiger partial charge in [-0.05, 0) is 40.2 Å². The summed E-state index contributed by atoms with van der Waals surface area (Å²) in [5.74, 6) is 0.126. The van der Waals surface area contributed by atoms with E-state index < -0.39 is 76.7 Å². The topological polar surface area (TPSA) is 295 Å². The smallest absolute Gasteiger partial charge is 0.389 e. The van der Waals surface area contributed by atoms with Crippen molar-refractivity contribution in [2.24, 2.45) is 0 Å². The van der Waals surface area contributed by atoms with Crippen LogP contribution >= 0.6 is 25.7 Å². The summed E-state index contributed by atoms with van der Waals surface area (Å²) in [4.78, 5) is 36.0. The second kappa shape index (κ2) is 24.8. The van der Waals surface area contributed by atoms with Crippen molar-refractivity contribution in [3.63, 3.8) is 0 Å². The van der Waals surface area contributed by atoms with Crippen LogP contribution in [0.5, 0.6) is 0 Å². The van der Waals surface area contributed by atoms with E-state index in [1.165, 1.54) is 34.3 Å². The summed E-state index contributed by atoms with van der Waals surface area (Å²) in [5.41, 5.74) is 20.0. The Morgan fingerprint density at radius 3 is 2.14 bits per heavy atom. The van der Waals surface area contributed by atoms with Gasteiger partial charge in [0, 0.05) is 29.5 Å². The second-order valence-electron chi connectivity index (χ2n) is 20.2. The number of rotatable bonds is 17. The van der Waals surface area contributed by atoms with Crippen LogP contribution in [0.4, 0.5) is 26.0 Å². The average Bonchev–Trinajstić information content (AvgIpc) is 2.03. The molecule has 1 amide bonds. The number of pyridine rings is 1. The molecule has 9 heterocycles. The number of hydrogen-bond acceptors (Lipinski definition) is 22. The minimum atomic E-state index is -4.48. The first kappa shape index (κ1) is 57.8. The number of carbonyl (C=O) groups excluding carboxylic acids is 1. The fraction of sp³-hybridized carbons (Fsp3) is 0.396. The van der Waals surface area contributed by atoms with Gasteiger partial charge in [-0.2, -0.15) is 0 Å². The van der Waals surface area contributed by atoms with Crippen LogP contribution in [0.1, 0.15) is 42.5 Å². The number of halogens is 2. The molecule has 0 spiro atoms. The Hall–Kier alpha value is -6.59. The third kappa shape index (κ3) is 11.9. The molecule has 0 unspecified atom stereocenters. The predicted molar refractivity (Wildman–Crippen MR) is 306 cm³/mol. The molecular formula is C53H58BF2N13O12P2S. The van der Waals surface area contributed by atoms with Crippen molar-refractivity contribution in [1.29, 1.82) is 0 Å². The number of hydrogen-bond donors (Lipinski definition) is 2. The summed E-state index contributed by atoms with van der Waals surface area (Å²) in [5, 5.41) is 9.14. The zero-order valence-corrected chi connectivity index (χ0v) is 48.1. The van der Waals surface area contributed by atoms with Crippen molar-refractivity contribution in [3.8, 4) is 22.5 Å². The molecule has 4 aliphatic heterocycles. The number of nitrogens with two attached hydrogens (primary N) is 2. The van der Waals surface area contributed by atoms with Gasteiger partial charge >= 0.3 is 6.80 Å². The SMILES string of the molecule is B[P@]1(=O)OC[C@H]2O[C@@H](n3cnc4c(N)ccnc43)[C@H](F)[C@@H]2O[P@@](=O)(SCc2ccc(COCCOCCOCCn3nnc4c3-c3ccccc3CN(C(=O)CC)c3ccccc3-4)cc2)OC[C@H]2O[C@@H](n3cnc4c(N)ncnc43)[C@H](F)[C@@H]2O1. The van der Waals surface area contributed by atoms with Gasteiger partial charge in [-0.1, -0.05) is 78.9 Å². The maximum atomic E-state index is 17.0. The molecule has 8 aromatic rings. The van der Waals surface area contributed by atoms with Crippen LogP contribution < -0.4 is 16.4 Å². The number of carbonyl (C=O) groups is 1. The standard InChI is InChI=1S/C53H58BF2N13O12P2S/c1-2-40(70)66-23-33-7-3-4-8-34(33)46-43(35-9-5-6-10-37(35)66)64-65-69(46)17-18-73-19-20-74-21-22-75-24-31-11-13-32(14-12-31)27-84-83(72)77-26-39-47(41(55)52(79-39)68-30-63-45-49(58)60-28-61-51(45)68)80-82(54,71)76-25-38-48(81-83)42(56)53(78-38)67-29-62-44-36(57)15-16-59-50(44)67/h3-16,28-30,38-39,41-42,47-48,52-53H,2,17-27,54H2,1H3,(H2,57,59)(H2,58,60,61)/t38-,39-,41-,42-,47-,48-,52-,53-,82+,83+/m1/s1. The minimum absolute atomic E-state index is 0.0251. The first-order chi connectivity index (χ1) is 40.8. The molecule has 0 saturated carbocycles. The van der Waals surface area contributed by atoms with Crippen molar-refractivity contribution in [1.82, 2.24) is 49.0 Å². The van der Waals surface area contributed by atoms with Gasteiger partial charge in [0.1, 0.15) is 47.5 Å². The lowest BCUT2D eigenvalue weighted by Gasteiger charge is -2.30. The van der Waals surface area contributed by atoms with Gasteiger partial charge in [0.2, 0.25) is 5.91 Å². The summed E-state index contributed by atoms with van der Waals surface area (Å²) in [6, 6.07) is 24.7. The van der Waals surface area contributed by atoms with Crippen LogP contribution in [0.25, 0.3) is 44.8 Å². The summed E-state index contributed by atoms with van der Waals surface area (Å²) < 4.78 is 121. The maximum Gasteiger partial charge on any atom is 0.389 e. The van der Waals surface area contributed by atoms with Gasteiger partial charge in [0.15, 0.2) is 41.9 Å². The predicted octanol–water partition coefficient (Wildman–Crippen LogP) is 6.94. The maximum absolute atomic E-state index is 17.0. The number of nitrogen functional groups attached to an aromatic ring is 2. The first-order valence-electron chi connectivity index (χ1n) is 27.1. The minimum Gasteiger partial charge on any atom is -0.397 e. The van der Waals surface area contributed by atoms with E-state index in [0.717, 1.165) is 52.6 Å². The van der Waals surface area contributed by atoms with Gasteiger partial charge < -0.3 is 49.1 Å². The highest BCUT2D eigenvalue weighted by molar-refractivity contribution is 8.54. The number of nitrogens with zero attached hydrogens (tertiary/aromatic N) is 11. The Morgan fingerprint density at radius 1 is 0.750 bits per heavy atom. The molecule has 0 radical (unpaired) electrons. The van der Waals surface area contributed by atoms with E-state index in [-0.39, 0.29) is 40.9 Å². The average molecular weight is 1210 g/mol. The third-order valence-electron chi connectivity index (χ3n) is 14.7. The van der Waals surface area contributed by atoms with Gasteiger partial charge in [-0.15, -0.1) is 5.10 Å². The Bertz CT molecular complexity index is 3780. The molecule has 10 atom stereocenters. The van der Waals surface area contributed by atoms with Crippen LogP contribution in [0, 0.1) is 0 Å². The van der Waals surface area contributed by atoms with Gasteiger partial charge in [0.05, 0.1) is 95.7 Å². The van der Waals surface area contributed by atoms with Gasteiger partial charge in [0.25, 0.3) is 15.0 Å². The van der Waals surface area contributed by atoms with E-state index in [9.17, 15) is 9.36 Å². The highest BCUT2D eigenvalue weighted by Crippen LogP contribution is 2.65. The highest BCUT2D eigenvalue weighted by Gasteiger charge is 2.55. The van der Waals surface area contributed by atoms with Crippen molar-refractivity contribution >= 4 is 78.6 Å². The Labute approximate surface area is 484 Å². The number of benzene rings is 3. The summed E-state index contributed by atoms with van der Waals surface area (Å²) >= 11 is 0.770. The molecule has 25 nitrogen and oxygen atoms in total. The van der Waals surface area contributed by atoms with Crippen molar-refractivity contribution in [2.45, 2.75) is 88.0 Å². The molecule has 3 saturated heterocycles. The number of para-hydroxylation sites is 1. The number of fused-ring (bicyclic) bond motifs is 9. The number of ether oxygens (including phenoxy) is 5. The van der Waals surface area contributed by atoms with Crippen molar-refractivity contribution in [3.05, 3.63) is 121 Å². The lowest BCUT2D eigenvalue weighted by Crippen LogP contribution is -2.37. The summed E-state index contributed by atoms with van der Waals surface area (Å²) in [6.45, 7) is -0.990. The monoisotopic (exact) mass is 1210 g/mol. The van der Waals surface area contributed by atoms with Crippen LogP contribution in [-0.2, 0) is 81.2 Å². The Kier molecular flexibility index (Phi) is 17.1. The van der Waals surface area contributed by atoms with E-state index >= 15 is 13.3 Å². The number of anilines is 3. The van der Waals surface area contributed by atoms with E-state index in [4.69, 9.17) is 53.2 Å².